The van der Waals surface area contributed by atoms with Crippen molar-refractivity contribution < 1.29 is 19.5 Å². The van der Waals surface area contributed by atoms with E-state index in [9.17, 15) is 14.4 Å². The number of carbonyl (C=O) groups excluding carboxylic acids is 2. The molecule has 2 unspecified atom stereocenters. The van der Waals surface area contributed by atoms with E-state index >= 15 is 0 Å². The van der Waals surface area contributed by atoms with E-state index in [2.05, 4.69) is 15.6 Å². The van der Waals surface area contributed by atoms with E-state index in [1.807, 2.05) is 0 Å². The zero-order chi connectivity index (χ0) is 14.6. The molecule has 2 amide bonds. The Balaban J connectivity index is 2.80. The van der Waals surface area contributed by atoms with Crippen LogP contribution >= 0.6 is 0 Å². The normalized spacial score (nSPS) is 24.1. The van der Waals surface area contributed by atoms with Crippen molar-refractivity contribution in [2.75, 3.05) is 0 Å². The molecule has 0 spiro atoms. The van der Waals surface area contributed by atoms with Gasteiger partial charge < -0.3 is 27.2 Å². The van der Waals surface area contributed by atoms with Crippen LogP contribution in [0.1, 0.15) is 19.8 Å². The standard InChI is InChI=1S/C10H17N5O4/c1-2-4(14-10(11)12)7-9(19)13-5(3-6(16)17)8(18)15-7/h4-5,7H,2-3H2,1H3,(H,13,19)(H,15,18)(H,16,17)(H4,11,12,14)/t4?,5?,7-/m0/s1. The van der Waals surface area contributed by atoms with Gasteiger partial charge in [0.25, 0.3) is 0 Å². The molecule has 0 aromatic carbocycles. The summed E-state index contributed by atoms with van der Waals surface area (Å²) in [6, 6.07) is -2.55. The Morgan fingerprint density at radius 2 is 2.00 bits per heavy atom. The highest BCUT2D eigenvalue weighted by atomic mass is 16.4. The lowest BCUT2D eigenvalue weighted by Crippen LogP contribution is -2.65. The molecular weight excluding hydrogens is 254 g/mol. The van der Waals surface area contributed by atoms with Gasteiger partial charge in [-0.15, -0.1) is 0 Å². The molecule has 1 saturated heterocycles. The lowest BCUT2D eigenvalue weighted by atomic mass is 10.0. The molecule has 1 heterocycles. The summed E-state index contributed by atoms with van der Waals surface area (Å²) in [5.74, 6) is -2.41. The van der Waals surface area contributed by atoms with E-state index < -0.39 is 42.3 Å². The second kappa shape index (κ2) is 6.03. The number of nitrogens with one attached hydrogen (secondary N) is 2. The highest BCUT2D eigenvalue weighted by molar-refractivity contribution is 5.99. The Bertz CT molecular complexity index is 418. The number of aliphatic carboxylic acids is 1. The van der Waals surface area contributed by atoms with Crippen LogP contribution in [0.4, 0.5) is 0 Å². The number of carbonyl (C=O) groups is 3. The number of amides is 2. The van der Waals surface area contributed by atoms with E-state index in [1.165, 1.54) is 0 Å². The molecule has 0 saturated carbocycles. The summed E-state index contributed by atoms with van der Waals surface area (Å²) in [6.45, 7) is 1.76. The van der Waals surface area contributed by atoms with Gasteiger partial charge in [-0.1, -0.05) is 6.92 Å². The van der Waals surface area contributed by atoms with Crippen molar-refractivity contribution in [1.82, 2.24) is 10.6 Å². The highest BCUT2D eigenvalue weighted by Crippen LogP contribution is 2.10. The second-order valence-corrected chi connectivity index (χ2v) is 4.17. The molecule has 0 aliphatic carbocycles. The Morgan fingerprint density at radius 1 is 1.37 bits per heavy atom. The van der Waals surface area contributed by atoms with Crippen molar-refractivity contribution in [2.45, 2.75) is 37.9 Å². The van der Waals surface area contributed by atoms with Gasteiger partial charge in [0.15, 0.2) is 5.96 Å². The molecular formula is C10H17N5O4. The molecule has 1 rings (SSSR count). The van der Waals surface area contributed by atoms with Crippen molar-refractivity contribution in [1.29, 1.82) is 0 Å². The van der Waals surface area contributed by atoms with Crippen LogP contribution in [-0.4, -0.2) is 47.0 Å². The predicted octanol–water partition coefficient (Wildman–Crippen LogP) is -2.50. The van der Waals surface area contributed by atoms with Crippen molar-refractivity contribution >= 4 is 23.7 Å². The molecule has 0 aromatic heterocycles. The number of guanidine groups is 1. The molecule has 0 aromatic rings. The lowest BCUT2D eigenvalue weighted by molar-refractivity contribution is -0.143. The summed E-state index contributed by atoms with van der Waals surface area (Å²) < 4.78 is 0. The minimum absolute atomic E-state index is 0.179. The third-order valence-corrected chi connectivity index (χ3v) is 2.71. The molecule has 1 aliphatic rings. The number of hydrogen-bond donors (Lipinski definition) is 5. The van der Waals surface area contributed by atoms with E-state index in [-0.39, 0.29) is 5.96 Å². The molecule has 0 radical (unpaired) electrons. The SMILES string of the molecule is CCC(N=C(N)N)[C@@H]1NC(=O)C(CC(=O)O)NC1=O. The first kappa shape index (κ1) is 14.7. The van der Waals surface area contributed by atoms with Gasteiger partial charge in [-0.2, -0.15) is 0 Å². The minimum Gasteiger partial charge on any atom is -0.481 e. The highest BCUT2D eigenvalue weighted by Gasteiger charge is 2.38. The number of carboxylic acid groups (broad SMARTS) is 1. The lowest BCUT2D eigenvalue weighted by Gasteiger charge is -2.31. The largest absolute Gasteiger partial charge is 0.481 e. The first-order valence-electron chi connectivity index (χ1n) is 5.76. The smallest absolute Gasteiger partial charge is 0.305 e. The fourth-order valence-electron chi connectivity index (χ4n) is 1.83. The number of piperazine rings is 1. The summed E-state index contributed by atoms with van der Waals surface area (Å²) in [6.07, 6.45) is -0.0246. The van der Waals surface area contributed by atoms with Crippen molar-refractivity contribution in [3.05, 3.63) is 0 Å². The molecule has 106 valence electrons. The van der Waals surface area contributed by atoms with E-state index in [0.29, 0.717) is 6.42 Å². The number of rotatable bonds is 5. The molecule has 0 bridgehead atoms. The first-order valence-corrected chi connectivity index (χ1v) is 5.76. The number of nitrogens with zero attached hydrogens (tertiary/aromatic N) is 1. The van der Waals surface area contributed by atoms with Gasteiger partial charge in [0, 0.05) is 0 Å². The fraction of sp³-hybridized carbons (Fsp3) is 0.600. The molecule has 9 heteroatoms. The van der Waals surface area contributed by atoms with Gasteiger partial charge >= 0.3 is 5.97 Å². The summed E-state index contributed by atoms with van der Waals surface area (Å²) >= 11 is 0. The van der Waals surface area contributed by atoms with Crippen molar-refractivity contribution in [3.63, 3.8) is 0 Å². The van der Waals surface area contributed by atoms with Gasteiger partial charge in [-0.05, 0) is 6.42 Å². The third-order valence-electron chi connectivity index (χ3n) is 2.71. The zero-order valence-corrected chi connectivity index (χ0v) is 10.4. The molecule has 9 nitrogen and oxygen atoms in total. The van der Waals surface area contributed by atoms with Crippen LogP contribution in [0.25, 0.3) is 0 Å². The van der Waals surface area contributed by atoms with Gasteiger partial charge in [0.05, 0.1) is 12.5 Å². The molecule has 7 N–H and O–H groups in total. The maximum absolute atomic E-state index is 11.8. The van der Waals surface area contributed by atoms with Crippen molar-refractivity contribution in [2.24, 2.45) is 16.5 Å². The van der Waals surface area contributed by atoms with Gasteiger partial charge in [-0.25, -0.2) is 4.99 Å². The van der Waals surface area contributed by atoms with Crippen LogP contribution in [0.5, 0.6) is 0 Å². The van der Waals surface area contributed by atoms with Gasteiger partial charge in [0.2, 0.25) is 11.8 Å². The monoisotopic (exact) mass is 271 g/mol. The van der Waals surface area contributed by atoms with Crippen LogP contribution in [0.3, 0.4) is 0 Å². The summed E-state index contributed by atoms with van der Waals surface area (Å²) in [4.78, 5) is 38.0. The van der Waals surface area contributed by atoms with Gasteiger partial charge in [0.1, 0.15) is 12.1 Å². The Hall–Kier alpha value is -2.32. The molecule has 19 heavy (non-hydrogen) atoms. The van der Waals surface area contributed by atoms with Crippen LogP contribution in [0.15, 0.2) is 4.99 Å². The summed E-state index contributed by atoms with van der Waals surface area (Å²) in [5, 5.41) is 13.4. The summed E-state index contributed by atoms with van der Waals surface area (Å²) in [5.41, 5.74) is 10.5. The maximum Gasteiger partial charge on any atom is 0.305 e. The third kappa shape index (κ3) is 3.83. The predicted molar refractivity (Wildman–Crippen MR) is 66.0 cm³/mol. The fourth-order valence-corrected chi connectivity index (χ4v) is 1.83. The topological polar surface area (TPSA) is 160 Å². The second-order valence-electron chi connectivity index (χ2n) is 4.17. The Labute approximate surface area is 109 Å². The molecule has 1 aliphatic heterocycles. The number of carboxylic acids is 1. The minimum atomic E-state index is -1.17. The van der Waals surface area contributed by atoms with E-state index in [0.717, 1.165) is 0 Å². The van der Waals surface area contributed by atoms with Crippen LogP contribution < -0.4 is 22.1 Å². The number of aliphatic imine (C=N–C) groups is 1. The van der Waals surface area contributed by atoms with Crippen LogP contribution in [0, 0.1) is 0 Å². The number of nitrogens with two attached hydrogens (primary N) is 2. The van der Waals surface area contributed by atoms with E-state index in [4.69, 9.17) is 16.6 Å². The quantitative estimate of drug-likeness (QED) is 0.274. The van der Waals surface area contributed by atoms with Crippen molar-refractivity contribution in [3.8, 4) is 0 Å². The zero-order valence-electron chi connectivity index (χ0n) is 10.4. The van der Waals surface area contributed by atoms with E-state index in [1.54, 1.807) is 6.92 Å². The average molecular weight is 271 g/mol. The summed E-state index contributed by atoms with van der Waals surface area (Å²) in [7, 11) is 0. The van der Waals surface area contributed by atoms with Gasteiger partial charge in [-0.3, -0.25) is 14.4 Å². The first-order chi connectivity index (χ1) is 8.85. The average Bonchev–Trinajstić information content (AvgIpc) is 2.29. The Morgan fingerprint density at radius 3 is 2.47 bits per heavy atom. The van der Waals surface area contributed by atoms with Crippen LogP contribution in [0.2, 0.25) is 0 Å². The molecule has 1 fully saturated rings. The molecule has 3 atom stereocenters. The number of hydrogen-bond acceptors (Lipinski definition) is 4. The Kier molecular flexibility index (Phi) is 4.67. The maximum atomic E-state index is 11.8. The van der Waals surface area contributed by atoms with Crippen LogP contribution in [-0.2, 0) is 14.4 Å².